The number of nitrogens with zero attached hydrogens (tertiary/aromatic N) is 2. The first-order valence-electron chi connectivity index (χ1n) is 7.44. The highest BCUT2D eigenvalue weighted by Gasteiger charge is 2.40. The summed E-state index contributed by atoms with van der Waals surface area (Å²) in [5, 5.41) is 9.19. The number of aliphatic carboxylic acids is 1. The molecule has 4 nitrogen and oxygen atoms in total. The van der Waals surface area contributed by atoms with E-state index in [1.165, 1.54) is 51.6 Å². The third-order valence-electron chi connectivity index (χ3n) is 5.16. The second kappa shape index (κ2) is 5.17. The lowest BCUT2D eigenvalue weighted by Crippen LogP contribution is -2.60. The number of carboxylic acid groups (broad SMARTS) is 1. The molecule has 1 aliphatic carbocycles. The lowest BCUT2D eigenvalue weighted by Gasteiger charge is -2.50. The van der Waals surface area contributed by atoms with Crippen molar-refractivity contribution >= 4 is 5.97 Å². The van der Waals surface area contributed by atoms with Crippen LogP contribution in [0.1, 0.15) is 38.5 Å². The van der Waals surface area contributed by atoms with Crippen molar-refractivity contribution in [2.24, 2.45) is 5.92 Å². The number of hydrogen-bond acceptors (Lipinski definition) is 3. The van der Waals surface area contributed by atoms with Crippen molar-refractivity contribution < 1.29 is 9.90 Å². The van der Waals surface area contributed by atoms with Crippen LogP contribution in [0.5, 0.6) is 0 Å². The normalized spacial score (nSPS) is 36.4. The van der Waals surface area contributed by atoms with Crippen molar-refractivity contribution in [2.75, 3.05) is 26.2 Å². The molecule has 1 N–H and O–H groups in total. The zero-order valence-electron chi connectivity index (χ0n) is 11.1. The molecule has 0 radical (unpaired) electrons. The molecule has 102 valence electrons. The highest BCUT2D eigenvalue weighted by atomic mass is 16.4. The fourth-order valence-corrected chi connectivity index (χ4v) is 4.22. The van der Waals surface area contributed by atoms with Crippen molar-refractivity contribution in [1.82, 2.24) is 9.80 Å². The van der Waals surface area contributed by atoms with Gasteiger partial charge in [0.05, 0.1) is 6.54 Å². The van der Waals surface area contributed by atoms with Gasteiger partial charge in [-0.15, -0.1) is 0 Å². The average molecular weight is 252 g/mol. The molecule has 1 saturated carbocycles. The molecule has 0 amide bonds. The van der Waals surface area contributed by atoms with Gasteiger partial charge in [-0.1, -0.05) is 12.8 Å². The Kier molecular flexibility index (Phi) is 3.57. The molecule has 0 aromatic carbocycles. The van der Waals surface area contributed by atoms with E-state index in [0.717, 1.165) is 12.5 Å². The summed E-state index contributed by atoms with van der Waals surface area (Å²) in [6, 6.07) is 1.04. The maximum Gasteiger partial charge on any atom is 0.317 e. The Morgan fingerprint density at radius 1 is 1.17 bits per heavy atom. The van der Waals surface area contributed by atoms with Crippen LogP contribution in [0.4, 0.5) is 0 Å². The SMILES string of the molecule is O=C(O)CN(C1CCCC1)C1CN2CCC1CC2. The van der Waals surface area contributed by atoms with Gasteiger partial charge in [0.25, 0.3) is 0 Å². The van der Waals surface area contributed by atoms with E-state index < -0.39 is 5.97 Å². The molecule has 4 heteroatoms. The summed E-state index contributed by atoms with van der Waals surface area (Å²) < 4.78 is 0. The van der Waals surface area contributed by atoms with Crippen LogP contribution in [0.15, 0.2) is 0 Å². The van der Waals surface area contributed by atoms with E-state index in [2.05, 4.69) is 9.80 Å². The first-order chi connectivity index (χ1) is 8.74. The summed E-state index contributed by atoms with van der Waals surface area (Å²) in [5.41, 5.74) is 0. The number of carboxylic acids is 1. The van der Waals surface area contributed by atoms with Gasteiger partial charge in [0.2, 0.25) is 0 Å². The van der Waals surface area contributed by atoms with Crippen molar-refractivity contribution in [2.45, 2.75) is 50.6 Å². The molecule has 3 aliphatic heterocycles. The molecule has 0 aromatic rings. The molecule has 2 bridgehead atoms. The van der Waals surface area contributed by atoms with Crippen molar-refractivity contribution in [3.8, 4) is 0 Å². The number of hydrogen-bond donors (Lipinski definition) is 1. The maximum absolute atomic E-state index is 11.2. The van der Waals surface area contributed by atoms with Gasteiger partial charge in [0, 0.05) is 18.6 Å². The topological polar surface area (TPSA) is 43.8 Å². The summed E-state index contributed by atoms with van der Waals surface area (Å²) in [6.45, 7) is 3.81. The van der Waals surface area contributed by atoms with Crippen LogP contribution in [-0.4, -0.2) is 59.1 Å². The maximum atomic E-state index is 11.2. The summed E-state index contributed by atoms with van der Waals surface area (Å²) in [7, 11) is 0. The smallest absolute Gasteiger partial charge is 0.317 e. The molecule has 1 atom stereocenters. The monoisotopic (exact) mass is 252 g/mol. The van der Waals surface area contributed by atoms with Crippen LogP contribution in [0.3, 0.4) is 0 Å². The third-order valence-corrected chi connectivity index (χ3v) is 5.16. The van der Waals surface area contributed by atoms with E-state index in [9.17, 15) is 9.90 Å². The van der Waals surface area contributed by atoms with Crippen LogP contribution < -0.4 is 0 Å². The predicted octanol–water partition coefficient (Wildman–Crippen LogP) is 1.41. The Balaban J connectivity index is 1.73. The van der Waals surface area contributed by atoms with Crippen molar-refractivity contribution in [3.05, 3.63) is 0 Å². The Morgan fingerprint density at radius 3 is 2.33 bits per heavy atom. The largest absolute Gasteiger partial charge is 0.480 e. The van der Waals surface area contributed by atoms with E-state index in [1.54, 1.807) is 0 Å². The second-order valence-corrected chi connectivity index (χ2v) is 6.21. The number of rotatable bonds is 4. The number of piperidine rings is 3. The highest BCUT2D eigenvalue weighted by Crippen LogP contribution is 2.34. The van der Waals surface area contributed by atoms with Gasteiger partial charge in [-0.05, 0) is 44.7 Å². The average Bonchev–Trinajstić information content (AvgIpc) is 2.90. The summed E-state index contributed by atoms with van der Waals surface area (Å²) in [6.07, 6.45) is 7.51. The van der Waals surface area contributed by atoms with Gasteiger partial charge in [0.1, 0.15) is 0 Å². The molecule has 3 saturated heterocycles. The summed E-state index contributed by atoms with van der Waals surface area (Å²) in [4.78, 5) is 16.0. The summed E-state index contributed by atoms with van der Waals surface area (Å²) in [5.74, 6) is 0.0910. The first kappa shape index (κ1) is 12.4. The lowest BCUT2D eigenvalue weighted by atomic mass is 9.82. The molecule has 18 heavy (non-hydrogen) atoms. The fourth-order valence-electron chi connectivity index (χ4n) is 4.22. The van der Waals surface area contributed by atoms with Crippen LogP contribution in [0, 0.1) is 5.92 Å². The highest BCUT2D eigenvalue weighted by molar-refractivity contribution is 5.69. The molecular weight excluding hydrogens is 228 g/mol. The van der Waals surface area contributed by atoms with Gasteiger partial charge in [-0.2, -0.15) is 0 Å². The van der Waals surface area contributed by atoms with Gasteiger partial charge < -0.3 is 10.0 Å². The van der Waals surface area contributed by atoms with E-state index in [0.29, 0.717) is 12.1 Å². The van der Waals surface area contributed by atoms with E-state index in [4.69, 9.17) is 0 Å². The Hall–Kier alpha value is -0.610. The zero-order valence-corrected chi connectivity index (χ0v) is 11.1. The Morgan fingerprint density at radius 2 is 1.83 bits per heavy atom. The predicted molar refractivity (Wildman–Crippen MR) is 69.5 cm³/mol. The Labute approximate surface area is 109 Å². The quantitative estimate of drug-likeness (QED) is 0.821. The molecule has 4 fully saturated rings. The number of fused-ring (bicyclic) bond motifs is 3. The van der Waals surface area contributed by atoms with Crippen LogP contribution in [0.2, 0.25) is 0 Å². The Bertz CT molecular complexity index is 307. The molecule has 1 unspecified atom stereocenters. The van der Waals surface area contributed by atoms with E-state index >= 15 is 0 Å². The van der Waals surface area contributed by atoms with E-state index in [-0.39, 0.29) is 6.54 Å². The standard InChI is InChI=1S/C14H24N2O2/c17-14(18)10-16(12-3-1-2-4-12)13-9-15-7-5-11(13)6-8-15/h11-13H,1-10H2,(H,17,18). The first-order valence-corrected chi connectivity index (χ1v) is 7.44. The second-order valence-electron chi connectivity index (χ2n) is 6.21. The third kappa shape index (κ3) is 2.41. The molecule has 4 rings (SSSR count). The lowest BCUT2D eigenvalue weighted by molar-refractivity contribution is -0.141. The van der Waals surface area contributed by atoms with Crippen LogP contribution in [0.25, 0.3) is 0 Å². The van der Waals surface area contributed by atoms with E-state index in [1.807, 2.05) is 0 Å². The van der Waals surface area contributed by atoms with Gasteiger partial charge in [-0.3, -0.25) is 9.69 Å². The number of carbonyl (C=O) groups is 1. The van der Waals surface area contributed by atoms with Crippen molar-refractivity contribution in [3.63, 3.8) is 0 Å². The van der Waals surface area contributed by atoms with Gasteiger partial charge >= 0.3 is 5.97 Å². The molecule has 3 heterocycles. The molecule has 4 aliphatic rings. The fraction of sp³-hybridized carbons (Fsp3) is 0.929. The minimum atomic E-state index is -0.654. The van der Waals surface area contributed by atoms with Gasteiger partial charge in [0.15, 0.2) is 0 Å². The summed E-state index contributed by atoms with van der Waals surface area (Å²) >= 11 is 0. The minimum absolute atomic E-state index is 0.250. The van der Waals surface area contributed by atoms with Gasteiger partial charge in [-0.25, -0.2) is 0 Å². The molecular formula is C14H24N2O2. The molecule has 0 spiro atoms. The van der Waals surface area contributed by atoms with Crippen LogP contribution in [-0.2, 0) is 4.79 Å². The zero-order chi connectivity index (χ0) is 12.5. The molecule has 0 aromatic heterocycles. The van der Waals surface area contributed by atoms with Crippen LogP contribution >= 0.6 is 0 Å². The minimum Gasteiger partial charge on any atom is -0.480 e. The van der Waals surface area contributed by atoms with Crippen molar-refractivity contribution in [1.29, 1.82) is 0 Å².